The third-order valence-electron chi connectivity index (χ3n) is 3.29. The molecular formula is C15H16N4O. The first-order valence-corrected chi connectivity index (χ1v) is 6.60. The second kappa shape index (κ2) is 5.21. The predicted molar refractivity (Wildman–Crippen MR) is 77.6 cm³/mol. The van der Waals surface area contributed by atoms with E-state index in [1.807, 2.05) is 30.3 Å². The molecule has 5 nitrogen and oxygen atoms in total. The molecular weight excluding hydrogens is 252 g/mol. The maximum absolute atomic E-state index is 12.3. The van der Waals surface area contributed by atoms with Crippen LogP contribution in [0.2, 0.25) is 0 Å². The molecule has 1 amide bonds. The summed E-state index contributed by atoms with van der Waals surface area (Å²) in [4.78, 5) is 14.1. The molecule has 0 saturated heterocycles. The zero-order valence-electron chi connectivity index (χ0n) is 11.1. The van der Waals surface area contributed by atoms with Crippen LogP contribution in [0.15, 0.2) is 48.7 Å². The van der Waals surface area contributed by atoms with E-state index in [1.54, 1.807) is 21.8 Å². The van der Waals surface area contributed by atoms with Gasteiger partial charge in [0.25, 0.3) is 5.91 Å². The number of aromatic nitrogens is 2. The summed E-state index contributed by atoms with van der Waals surface area (Å²) in [5, 5.41) is 4.34. The van der Waals surface area contributed by atoms with Crippen LogP contribution >= 0.6 is 0 Å². The van der Waals surface area contributed by atoms with Crippen LogP contribution in [0.3, 0.4) is 0 Å². The summed E-state index contributed by atoms with van der Waals surface area (Å²) in [6, 6.07) is 9.15. The summed E-state index contributed by atoms with van der Waals surface area (Å²) in [7, 11) is 0. The fourth-order valence-corrected chi connectivity index (χ4v) is 2.24. The molecule has 0 saturated carbocycles. The number of nitrogens with zero attached hydrogens (tertiary/aromatic N) is 3. The van der Waals surface area contributed by atoms with E-state index in [2.05, 4.69) is 11.2 Å². The van der Waals surface area contributed by atoms with Crippen molar-refractivity contribution in [2.24, 2.45) is 0 Å². The smallest absolute Gasteiger partial charge is 0.274 e. The number of amides is 1. The van der Waals surface area contributed by atoms with Gasteiger partial charge < -0.3 is 10.6 Å². The zero-order valence-corrected chi connectivity index (χ0v) is 11.1. The fraction of sp³-hybridized carbons (Fsp3) is 0.200. The number of nitrogen functional groups attached to an aromatic ring is 1. The van der Waals surface area contributed by atoms with Crippen LogP contribution in [0.25, 0.3) is 5.69 Å². The lowest BCUT2D eigenvalue weighted by molar-refractivity contribution is 0.0764. The van der Waals surface area contributed by atoms with Crippen molar-refractivity contribution in [3.63, 3.8) is 0 Å². The van der Waals surface area contributed by atoms with Crippen LogP contribution in [-0.2, 0) is 0 Å². The number of anilines is 1. The first-order valence-electron chi connectivity index (χ1n) is 6.60. The molecule has 0 unspecified atom stereocenters. The van der Waals surface area contributed by atoms with E-state index >= 15 is 0 Å². The molecule has 2 heterocycles. The molecule has 0 atom stereocenters. The second-order valence-corrected chi connectivity index (χ2v) is 4.75. The number of carbonyl (C=O) groups excluding carboxylic acids is 1. The SMILES string of the molecule is Nc1cccc(-n2ccc(C(=O)N3CC=CCC3)n2)c1. The van der Waals surface area contributed by atoms with Gasteiger partial charge in [-0.05, 0) is 30.7 Å². The van der Waals surface area contributed by atoms with Crippen molar-refractivity contribution in [2.45, 2.75) is 6.42 Å². The second-order valence-electron chi connectivity index (χ2n) is 4.75. The standard InChI is InChI=1S/C15H16N4O/c16-12-5-4-6-13(11-12)19-10-7-14(17-19)15(20)18-8-2-1-3-9-18/h1-2,4-7,10-11H,3,8-9,16H2. The minimum atomic E-state index is -0.0306. The van der Waals surface area contributed by atoms with Gasteiger partial charge in [0.05, 0.1) is 5.69 Å². The molecule has 5 heteroatoms. The van der Waals surface area contributed by atoms with E-state index in [-0.39, 0.29) is 5.91 Å². The number of nitrogens with two attached hydrogens (primary N) is 1. The molecule has 0 spiro atoms. The average Bonchev–Trinajstić information content (AvgIpc) is 2.97. The minimum absolute atomic E-state index is 0.0306. The lowest BCUT2D eigenvalue weighted by Crippen LogP contribution is -2.34. The van der Waals surface area contributed by atoms with Gasteiger partial charge in [0.1, 0.15) is 0 Å². The van der Waals surface area contributed by atoms with Gasteiger partial charge in [-0.1, -0.05) is 18.2 Å². The summed E-state index contributed by atoms with van der Waals surface area (Å²) in [5.74, 6) is -0.0306. The zero-order chi connectivity index (χ0) is 13.9. The Morgan fingerprint density at radius 2 is 2.15 bits per heavy atom. The van der Waals surface area contributed by atoms with Crippen LogP contribution in [0, 0.1) is 0 Å². The summed E-state index contributed by atoms with van der Waals surface area (Å²) in [6.07, 6.45) is 6.79. The monoisotopic (exact) mass is 268 g/mol. The Morgan fingerprint density at radius 3 is 2.90 bits per heavy atom. The number of rotatable bonds is 2. The van der Waals surface area contributed by atoms with Gasteiger partial charge in [-0.2, -0.15) is 5.10 Å². The van der Waals surface area contributed by atoms with E-state index in [4.69, 9.17) is 5.73 Å². The lowest BCUT2D eigenvalue weighted by atomic mass is 10.2. The summed E-state index contributed by atoms with van der Waals surface area (Å²) in [6.45, 7) is 1.41. The Bertz CT molecular complexity index is 659. The van der Waals surface area contributed by atoms with Gasteiger partial charge in [0.15, 0.2) is 5.69 Å². The molecule has 1 aromatic carbocycles. The van der Waals surface area contributed by atoms with Gasteiger partial charge in [-0.25, -0.2) is 4.68 Å². The van der Waals surface area contributed by atoms with Crippen molar-refractivity contribution in [3.8, 4) is 5.69 Å². The van der Waals surface area contributed by atoms with Crippen LogP contribution in [0.5, 0.6) is 0 Å². The number of hydrogen-bond acceptors (Lipinski definition) is 3. The fourth-order valence-electron chi connectivity index (χ4n) is 2.24. The molecule has 0 radical (unpaired) electrons. The number of carbonyl (C=O) groups is 1. The quantitative estimate of drug-likeness (QED) is 0.668. The molecule has 0 aliphatic carbocycles. The van der Waals surface area contributed by atoms with E-state index < -0.39 is 0 Å². The van der Waals surface area contributed by atoms with Crippen LogP contribution in [0.4, 0.5) is 5.69 Å². The van der Waals surface area contributed by atoms with Gasteiger partial charge in [0, 0.05) is 25.0 Å². The molecule has 2 N–H and O–H groups in total. The maximum atomic E-state index is 12.3. The summed E-state index contributed by atoms with van der Waals surface area (Å²) in [5.41, 5.74) is 7.74. The molecule has 2 aromatic rings. The molecule has 1 aromatic heterocycles. The van der Waals surface area contributed by atoms with Crippen LogP contribution < -0.4 is 5.73 Å². The number of benzene rings is 1. The van der Waals surface area contributed by atoms with Gasteiger partial charge in [-0.3, -0.25) is 4.79 Å². The summed E-state index contributed by atoms with van der Waals surface area (Å²) >= 11 is 0. The summed E-state index contributed by atoms with van der Waals surface area (Å²) < 4.78 is 1.67. The van der Waals surface area contributed by atoms with Gasteiger partial charge in [0.2, 0.25) is 0 Å². The van der Waals surface area contributed by atoms with Crippen molar-refractivity contribution < 1.29 is 4.79 Å². The highest BCUT2D eigenvalue weighted by molar-refractivity contribution is 5.92. The van der Waals surface area contributed by atoms with E-state index in [1.165, 1.54) is 0 Å². The van der Waals surface area contributed by atoms with Crippen LogP contribution in [0.1, 0.15) is 16.9 Å². The third-order valence-corrected chi connectivity index (χ3v) is 3.29. The first-order chi connectivity index (χ1) is 9.74. The van der Waals surface area contributed by atoms with E-state index in [0.717, 1.165) is 18.7 Å². The Hall–Kier alpha value is -2.56. The highest BCUT2D eigenvalue weighted by atomic mass is 16.2. The van der Waals surface area contributed by atoms with Crippen molar-refractivity contribution in [1.29, 1.82) is 0 Å². The van der Waals surface area contributed by atoms with E-state index in [0.29, 0.717) is 17.9 Å². The predicted octanol–water partition coefficient (Wildman–Crippen LogP) is 1.86. The topological polar surface area (TPSA) is 64.2 Å². The average molecular weight is 268 g/mol. The van der Waals surface area contributed by atoms with E-state index in [9.17, 15) is 4.79 Å². The van der Waals surface area contributed by atoms with Crippen molar-refractivity contribution in [2.75, 3.05) is 18.8 Å². The van der Waals surface area contributed by atoms with Gasteiger partial charge in [-0.15, -0.1) is 0 Å². The van der Waals surface area contributed by atoms with Crippen molar-refractivity contribution >= 4 is 11.6 Å². The maximum Gasteiger partial charge on any atom is 0.274 e. The molecule has 20 heavy (non-hydrogen) atoms. The Labute approximate surface area is 117 Å². The van der Waals surface area contributed by atoms with Crippen molar-refractivity contribution in [1.82, 2.24) is 14.7 Å². The molecule has 0 bridgehead atoms. The molecule has 102 valence electrons. The molecule has 3 rings (SSSR count). The van der Waals surface area contributed by atoms with Crippen molar-refractivity contribution in [3.05, 3.63) is 54.4 Å². The third kappa shape index (κ3) is 2.42. The number of hydrogen-bond donors (Lipinski definition) is 1. The Morgan fingerprint density at radius 1 is 1.25 bits per heavy atom. The van der Waals surface area contributed by atoms with Gasteiger partial charge >= 0.3 is 0 Å². The minimum Gasteiger partial charge on any atom is -0.399 e. The molecule has 1 aliphatic rings. The Balaban J connectivity index is 1.83. The first kappa shape index (κ1) is 12.5. The van der Waals surface area contributed by atoms with Crippen LogP contribution in [-0.4, -0.2) is 33.7 Å². The molecule has 0 fully saturated rings. The highest BCUT2D eigenvalue weighted by Gasteiger charge is 2.18. The largest absolute Gasteiger partial charge is 0.399 e. The Kier molecular flexibility index (Phi) is 3.25. The molecule has 1 aliphatic heterocycles. The lowest BCUT2D eigenvalue weighted by Gasteiger charge is -2.22. The normalized spacial score (nSPS) is 14.5. The highest BCUT2D eigenvalue weighted by Crippen LogP contribution is 2.13.